The van der Waals surface area contributed by atoms with Crippen LogP contribution in [0.4, 0.5) is 5.69 Å². The largest absolute Gasteiger partial charge is 0.479 e. The van der Waals surface area contributed by atoms with Crippen LogP contribution in [0.25, 0.3) is 11.1 Å². The monoisotopic (exact) mass is 285 g/mol. The van der Waals surface area contributed by atoms with Crippen LogP contribution in [-0.2, 0) is 9.59 Å². The van der Waals surface area contributed by atoms with Crippen LogP contribution >= 0.6 is 0 Å². The van der Waals surface area contributed by atoms with Gasteiger partial charge in [-0.15, -0.1) is 0 Å². The lowest BCUT2D eigenvalue weighted by Gasteiger charge is -2.11. The number of carboxylic acid groups (broad SMARTS) is 1. The maximum atomic E-state index is 11.2. The van der Waals surface area contributed by atoms with E-state index in [-0.39, 0.29) is 5.91 Å². The Balaban J connectivity index is 2.35. The second kappa shape index (κ2) is 6.19. The quantitative estimate of drug-likeness (QED) is 0.805. The number of carbonyl (C=O) groups is 2. The third-order valence-corrected chi connectivity index (χ3v) is 3.01. The van der Waals surface area contributed by atoms with E-state index < -0.39 is 12.1 Å². The molecule has 0 radical (unpaired) electrons. The van der Waals surface area contributed by atoms with Crippen LogP contribution in [0.5, 0.6) is 0 Å². The normalized spacial score (nSPS) is 11.7. The van der Waals surface area contributed by atoms with E-state index in [1.54, 1.807) is 30.3 Å². The van der Waals surface area contributed by atoms with Crippen LogP contribution in [0.15, 0.2) is 48.5 Å². The summed E-state index contributed by atoms with van der Waals surface area (Å²) in [5, 5.41) is 21.0. The number of rotatable bonds is 4. The van der Waals surface area contributed by atoms with Crippen molar-refractivity contribution in [3.05, 3.63) is 54.1 Å². The molecule has 2 rings (SSSR count). The molecule has 2 aromatic carbocycles. The number of carboxylic acids is 1. The van der Waals surface area contributed by atoms with Crippen molar-refractivity contribution in [2.75, 3.05) is 5.32 Å². The van der Waals surface area contributed by atoms with Crippen LogP contribution in [0.3, 0.4) is 0 Å². The van der Waals surface area contributed by atoms with Crippen molar-refractivity contribution in [3.8, 4) is 11.1 Å². The predicted octanol–water partition coefficient (Wildman–Crippen LogP) is 2.43. The first-order valence-electron chi connectivity index (χ1n) is 6.37. The summed E-state index contributed by atoms with van der Waals surface area (Å²) in [7, 11) is 0. The van der Waals surface area contributed by atoms with Gasteiger partial charge in [0.1, 0.15) is 0 Å². The molecular formula is C16H15NO4. The Morgan fingerprint density at radius 1 is 1.05 bits per heavy atom. The zero-order valence-electron chi connectivity index (χ0n) is 11.4. The van der Waals surface area contributed by atoms with Gasteiger partial charge in [0, 0.05) is 18.2 Å². The average molecular weight is 285 g/mol. The summed E-state index contributed by atoms with van der Waals surface area (Å²) in [5.41, 5.74) is 2.63. The highest BCUT2D eigenvalue weighted by molar-refractivity contribution is 5.94. The SMILES string of the molecule is CC(=O)Nc1ccccc1-c1ccc(C(O)C(=O)O)cc1. The minimum absolute atomic E-state index is 0.166. The minimum atomic E-state index is -1.54. The number of benzene rings is 2. The van der Waals surface area contributed by atoms with Gasteiger partial charge in [0.25, 0.3) is 0 Å². The fourth-order valence-electron chi connectivity index (χ4n) is 2.02. The van der Waals surface area contributed by atoms with E-state index in [0.29, 0.717) is 11.3 Å². The van der Waals surface area contributed by atoms with E-state index in [4.69, 9.17) is 5.11 Å². The summed E-state index contributed by atoms with van der Waals surface area (Å²) in [6.45, 7) is 1.43. The summed E-state index contributed by atoms with van der Waals surface area (Å²) >= 11 is 0. The number of hydrogen-bond donors (Lipinski definition) is 3. The molecule has 3 N–H and O–H groups in total. The van der Waals surface area contributed by atoms with E-state index in [9.17, 15) is 14.7 Å². The third kappa shape index (κ3) is 3.46. The topological polar surface area (TPSA) is 86.6 Å². The molecule has 0 aliphatic heterocycles. The Morgan fingerprint density at radius 2 is 1.67 bits per heavy atom. The van der Waals surface area contributed by atoms with Gasteiger partial charge in [-0.25, -0.2) is 4.79 Å². The molecule has 0 aliphatic rings. The van der Waals surface area contributed by atoms with Gasteiger partial charge in [0.15, 0.2) is 6.10 Å². The van der Waals surface area contributed by atoms with Crippen molar-refractivity contribution < 1.29 is 19.8 Å². The fraction of sp³-hybridized carbons (Fsp3) is 0.125. The lowest BCUT2D eigenvalue weighted by molar-refractivity contribution is -0.146. The Bertz CT molecular complexity index is 664. The standard InChI is InChI=1S/C16H15NO4/c1-10(18)17-14-5-3-2-4-13(14)11-6-8-12(9-7-11)15(19)16(20)21/h2-9,15,19H,1H3,(H,17,18)(H,20,21). The molecule has 5 nitrogen and oxygen atoms in total. The number of nitrogens with one attached hydrogen (secondary N) is 1. The van der Waals surface area contributed by atoms with Crippen LogP contribution in [0.2, 0.25) is 0 Å². The predicted molar refractivity (Wildman–Crippen MR) is 78.8 cm³/mol. The Morgan fingerprint density at radius 3 is 2.24 bits per heavy atom. The van der Waals surface area contributed by atoms with Crippen LogP contribution in [0.1, 0.15) is 18.6 Å². The number of para-hydroxylation sites is 1. The zero-order chi connectivity index (χ0) is 15.4. The first kappa shape index (κ1) is 14.7. The smallest absolute Gasteiger partial charge is 0.337 e. The molecule has 0 aliphatic carbocycles. The van der Waals surface area contributed by atoms with Crippen molar-refractivity contribution >= 4 is 17.6 Å². The van der Waals surface area contributed by atoms with Gasteiger partial charge in [-0.1, -0.05) is 42.5 Å². The molecular weight excluding hydrogens is 270 g/mol. The Labute approximate surface area is 121 Å². The van der Waals surface area contributed by atoms with E-state index >= 15 is 0 Å². The molecule has 0 bridgehead atoms. The molecule has 1 atom stereocenters. The first-order valence-corrected chi connectivity index (χ1v) is 6.37. The molecule has 5 heteroatoms. The lowest BCUT2D eigenvalue weighted by Crippen LogP contribution is -2.10. The maximum Gasteiger partial charge on any atom is 0.337 e. The number of aliphatic hydroxyl groups is 1. The highest BCUT2D eigenvalue weighted by Crippen LogP contribution is 2.28. The summed E-state index contributed by atoms with van der Waals surface area (Å²) < 4.78 is 0. The number of aliphatic carboxylic acids is 1. The van der Waals surface area contributed by atoms with Crippen LogP contribution < -0.4 is 5.32 Å². The molecule has 0 fully saturated rings. The highest BCUT2D eigenvalue weighted by Gasteiger charge is 2.15. The van der Waals surface area contributed by atoms with E-state index in [1.165, 1.54) is 6.92 Å². The number of carbonyl (C=O) groups excluding carboxylic acids is 1. The first-order chi connectivity index (χ1) is 9.99. The molecule has 0 spiro atoms. The lowest BCUT2D eigenvalue weighted by atomic mass is 10.0. The molecule has 1 unspecified atom stereocenters. The van der Waals surface area contributed by atoms with Gasteiger partial charge >= 0.3 is 5.97 Å². The molecule has 108 valence electrons. The molecule has 21 heavy (non-hydrogen) atoms. The van der Waals surface area contributed by atoms with Gasteiger partial charge in [0.05, 0.1) is 0 Å². The van der Waals surface area contributed by atoms with Gasteiger partial charge in [-0.2, -0.15) is 0 Å². The van der Waals surface area contributed by atoms with Gasteiger partial charge in [-0.3, -0.25) is 4.79 Å². The van der Waals surface area contributed by atoms with Crippen molar-refractivity contribution in [2.24, 2.45) is 0 Å². The van der Waals surface area contributed by atoms with Crippen molar-refractivity contribution in [1.82, 2.24) is 0 Å². The third-order valence-electron chi connectivity index (χ3n) is 3.01. The number of amides is 1. The number of aliphatic hydroxyl groups excluding tert-OH is 1. The summed E-state index contributed by atoms with van der Waals surface area (Å²) in [4.78, 5) is 21.9. The van der Waals surface area contributed by atoms with Crippen LogP contribution in [-0.4, -0.2) is 22.1 Å². The Hall–Kier alpha value is -2.66. The summed E-state index contributed by atoms with van der Waals surface area (Å²) in [6, 6.07) is 13.8. The molecule has 0 heterocycles. The van der Waals surface area contributed by atoms with Crippen molar-refractivity contribution in [1.29, 1.82) is 0 Å². The second-order valence-electron chi connectivity index (χ2n) is 4.59. The Kier molecular flexibility index (Phi) is 4.35. The zero-order valence-corrected chi connectivity index (χ0v) is 11.4. The second-order valence-corrected chi connectivity index (χ2v) is 4.59. The maximum absolute atomic E-state index is 11.2. The molecule has 0 saturated heterocycles. The van der Waals surface area contributed by atoms with Gasteiger partial charge in [-0.05, 0) is 17.2 Å². The van der Waals surface area contributed by atoms with Gasteiger partial charge < -0.3 is 15.5 Å². The molecule has 0 aromatic heterocycles. The van der Waals surface area contributed by atoms with Crippen molar-refractivity contribution in [3.63, 3.8) is 0 Å². The van der Waals surface area contributed by atoms with E-state index in [0.717, 1.165) is 11.1 Å². The number of hydrogen-bond acceptors (Lipinski definition) is 3. The van der Waals surface area contributed by atoms with E-state index in [1.807, 2.05) is 18.2 Å². The number of anilines is 1. The summed E-state index contributed by atoms with van der Waals surface area (Å²) in [5.74, 6) is -1.46. The molecule has 1 amide bonds. The molecule has 2 aromatic rings. The van der Waals surface area contributed by atoms with Crippen molar-refractivity contribution in [2.45, 2.75) is 13.0 Å². The summed E-state index contributed by atoms with van der Waals surface area (Å²) in [6.07, 6.45) is -1.54. The van der Waals surface area contributed by atoms with Crippen LogP contribution in [0, 0.1) is 0 Å². The highest BCUT2D eigenvalue weighted by atomic mass is 16.4. The van der Waals surface area contributed by atoms with Gasteiger partial charge in [0.2, 0.25) is 5.91 Å². The molecule has 0 saturated carbocycles. The average Bonchev–Trinajstić information content (AvgIpc) is 2.46. The van der Waals surface area contributed by atoms with E-state index in [2.05, 4.69) is 5.32 Å². The fourth-order valence-corrected chi connectivity index (χ4v) is 2.02. The minimum Gasteiger partial charge on any atom is -0.479 e.